The van der Waals surface area contributed by atoms with Crippen molar-refractivity contribution < 1.29 is 11.0 Å². The Kier molecular flexibility index (Phi) is 6.85. The number of likely N-dealkylation sites (tertiary alicyclic amines) is 1. The molecule has 6 nitrogen and oxygen atoms in total. The van der Waals surface area contributed by atoms with Crippen LogP contribution in [0.1, 0.15) is 71.6 Å². The highest BCUT2D eigenvalue weighted by Gasteiger charge is 2.26. The maximum absolute atomic E-state index is 13.6. The number of aromatic nitrogens is 2. The van der Waals surface area contributed by atoms with Crippen LogP contribution in [0.3, 0.4) is 0 Å². The summed E-state index contributed by atoms with van der Waals surface area (Å²) < 4.78 is 2.22. The molecule has 2 aromatic carbocycles. The van der Waals surface area contributed by atoms with E-state index in [1.807, 2.05) is 53.4 Å². The van der Waals surface area contributed by atoms with E-state index >= 15 is 0 Å². The average Bonchev–Trinajstić information content (AvgIpc) is 3.55. The molecule has 3 heterocycles. The quantitative estimate of drug-likeness (QED) is 0.372. The van der Waals surface area contributed by atoms with Gasteiger partial charge < -0.3 is 14.8 Å². The Morgan fingerprint density at radius 1 is 1.00 bits per heavy atom. The number of nitrogens with one attached hydrogen (secondary N) is 1. The van der Waals surface area contributed by atoms with Gasteiger partial charge >= 0.3 is 0 Å². The fourth-order valence-corrected chi connectivity index (χ4v) is 5.15. The molecule has 1 fully saturated rings. The van der Waals surface area contributed by atoms with Crippen molar-refractivity contribution >= 4 is 22.7 Å². The van der Waals surface area contributed by atoms with Gasteiger partial charge in [0.25, 0.3) is 11.8 Å². The second kappa shape index (κ2) is 10.4. The second-order valence-electron chi connectivity index (χ2n) is 9.76. The van der Waals surface area contributed by atoms with Crippen LogP contribution in [-0.4, -0.2) is 39.4 Å². The maximum Gasteiger partial charge on any atom is 0.254 e. The van der Waals surface area contributed by atoms with Gasteiger partial charge in [-0.2, -0.15) is 0 Å². The lowest BCUT2D eigenvalue weighted by Crippen LogP contribution is -2.27. The van der Waals surface area contributed by atoms with Crippen molar-refractivity contribution in [2.45, 2.75) is 45.7 Å². The number of rotatable bonds is 7. The SMILES string of the molecule is CC(C)c1c(C(=O)NCc2cccnc2)c2ccc(C(=O)N3CCCC3)cc2n1Cc1ccccc1.[HH]. The highest BCUT2D eigenvalue weighted by Crippen LogP contribution is 2.33. The largest absolute Gasteiger partial charge is 0.348 e. The summed E-state index contributed by atoms with van der Waals surface area (Å²) in [5.74, 6) is 0.0616. The molecule has 2 amide bonds. The minimum absolute atomic E-state index is 0. The van der Waals surface area contributed by atoms with Crippen LogP contribution in [0.25, 0.3) is 10.9 Å². The van der Waals surface area contributed by atoms with Crippen LogP contribution in [0.5, 0.6) is 0 Å². The third kappa shape index (κ3) is 4.76. The molecule has 1 N–H and O–H groups in total. The summed E-state index contributed by atoms with van der Waals surface area (Å²) in [7, 11) is 0. The number of carbonyl (C=O) groups excluding carboxylic acids is 2. The molecule has 0 spiro atoms. The normalized spacial score (nSPS) is 13.5. The molecule has 0 saturated carbocycles. The van der Waals surface area contributed by atoms with Gasteiger partial charge in [0.1, 0.15) is 0 Å². The Hall–Kier alpha value is -3.93. The van der Waals surface area contributed by atoms with Crippen LogP contribution in [0.15, 0.2) is 73.1 Å². The molecule has 5 rings (SSSR count). The van der Waals surface area contributed by atoms with Gasteiger partial charge in [-0.15, -0.1) is 0 Å². The number of hydrogen-bond acceptors (Lipinski definition) is 3. The van der Waals surface area contributed by atoms with E-state index < -0.39 is 0 Å². The zero-order valence-corrected chi connectivity index (χ0v) is 20.9. The van der Waals surface area contributed by atoms with E-state index in [0.29, 0.717) is 24.2 Å². The Morgan fingerprint density at radius 2 is 1.75 bits per heavy atom. The molecule has 0 aliphatic carbocycles. The maximum atomic E-state index is 13.6. The number of fused-ring (bicyclic) bond motifs is 1. The highest BCUT2D eigenvalue weighted by molar-refractivity contribution is 6.10. The first-order valence-electron chi connectivity index (χ1n) is 12.7. The second-order valence-corrected chi connectivity index (χ2v) is 9.76. The lowest BCUT2D eigenvalue weighted by molar-refractivity contribution is 0.0792. The van der Waals surface area contributed by atoms with Gasteiger partial charge in [-0.1, -0.05) is 56.3 Å². The summed E-state index contributed by atoms with van der Waals surface area (Å²) in [6.45, 7) is 6.87. The summed E-state index contributed by atoms with van der Waals surface area (Å²) in [5, 5.41) is 3.97. The van der Waals surface area contributed by atoms with Crippen molar-refractivity contribution in [2.75, 3.05) is 13.1 Å². The van der Waals surface area contributed by atoms with Gasteiger partial charge in [-0.25, -0.2) is 0 Å². The van der Waals surface area contributed by atoms with Gasteiger partial charge in [0.05, 0.1) is 11.1 Å². The third-order valence-electron chi connectivity index (χ3n) is 6.88. The van der Waals surface area contributed by atoms with Gasteiger partial charge in [0.2, 0.25) is 0 Å². The summed E-state index contributed by atoms with van der Waals surface area (Å²) in [4.78, 5) is 32.9. The minimum Gasteiger partial charge on any atom is -0.348 e. The molecule has 0 unspecified atom stereocenters. The molecule has 6 heteroatoms. The van der Waals surface area contributed by atoms with E-state index in [0.717, 1.165) is 53.7 Å². The van der Waals surface area contributed by atoms with Crippen LogP contribution < -0.4 is 5.32 Å². The summed E-state index contributed by atoms with van der Waals surface area (Å²) >= 11 is 0. The number of hydrogen-bond donors (Lipinski definition) is 1. The van der Waals surface area contributed by atoms with E-state index in [9.17, 15) is 9.59 Å². The summed E-state index contributed by atoms with van der Waals surface area (Å²) in [6.07, 6.45) is 5.59. The Balaban J connectivity index is 0.00000320. The fraction of sp³-hybridized carbons (Fsp3) is 0.300. The predicted octanol–water partition coefficient (Wildman–Crippen LogP) is 5.62. The van der Waals surface area contributed by atoms with Gasteiger partial charge in [0, 0.05) is 56.6 Å². The number of amides is 2. The third-order valence-corrected chi connectivity index (χ3v) is 6.88. The Labute approximate surface area is 213 Å². The van der Waals surface area contributed by atoms with Crippen LogP contribution in [-0.2, 0) is 13.1 Å². The molecule has 4 aromatic rings. The molecule has 1 saturated heterocycles. The van der Waals surface area contributed by atoms with Crippen LogP contribution in [0.2, 0.25) is 0 Å². The Bertz CT molecular complexity index is 1380. The fourth-order valence-electron chi connectivity index (χ4n) is 5.15. The van der Waals surface area contributed by atoms with E-state index in [1.165, 1.54) is 0 Å². The molecule has 0 bridgehead atoms. The van der Waals surface area contributed by atoms with Crippen molar-refractivity contribution in [1.82, 2.24) is 19.8 Å². The molecule has 1 aliphatic heterocycles. The number of pyridine rings is 1. The van der Waals surface area contributed by atoms with E-state index in [-0.39, 0.29) is 19.2 Å². The lowest BCUT2D eigenvalue weighted by atomic mass is 10.0. The van der Waals surface area contributed by atoms with Crippen molar-refractivity contribution in [1.29, 1.82) is 0 Å². The standard InChI is InChI=1S/C30H32N4O2.H2/c1-21(2)28-27(29(35)32-19-23-11-8-14-31-18-23)25-13-12-24(30(36)33-15-6-7-16-33)17-26(25)34(28)20-22-9-4-3-5-10-22;/h3-5,8-14,17-18,21H,6-7,15-16,19-20H2,1-2H3,(H,32,35);1H. The minimum atomic E-state index is -0.113. The average molecular weight is 483 g/mol. The predicted molar refractivity (Wildman–Crippen MR) is 144 cm³/mol. The smallest absolute Gasteiger partial charge is 0.254 e. The molecule has 0 atom stereocenters. The first kappa shape index (κ1) is 23.8. The van der Waals surface area contributed by atoms with E-state index in [2.05, 4.69) is 40.8 Å². The number of benzene rings is 2. The molecular formula is C30H34N4O2. The molecule has 0 radical (unpaired) electrons. The van der Waals surface area contributed by atoms with E-state index in [1.54, 1.807) is 12.4 Å². The molecule has 1 aliphatic rings. The molecule has 186 valence electrons. The Morgan fingerprint density at radius 3 is 2.44 bits per heavy atom. The zero-order valence-electron chi connectivity index (χ0n) is 20.9. The first-order chi connectivity index (χ1) is 17.5. The topological polar surface area (TPSA) is 67.2 Å². The van der Waals surface area contributed by atoms with Gasteiger partial charge in [-0.3, -0.25) is 14.6 Å². The van der Waals surface area contributed by atoms with Crippen LogP contribution in [0.4, 0.5) is 0 Å². The molecular weight excluding hydrogens is 448 g/mol. The zero-order chi connectivity index (χ0) is 25.1. The van der Waals surface area contributed by atoms with Gasteiger partial charge in [-0.05, 0) is 48.1 Å². The highest BCUT2D eigenvalue weighted by atomic mass is 16.2. The van der Waals surface area contributed by atoms with Crippen LogP contribution >= 0.6 is 0 Å². The van der Waals surface area contributed by atoms with Crippen molar-refractivity contribution in [3.63, 3.8) is 0 Å². The summed E-state index contributed by atoms with van der Waals surface area (Å²) in [5.41, 5.74) is 5.34. The molecule has 36 heavy (non-hydrogen) atoms. The lowest BCUT2D eigenvalue weighted by Gasteiger charge is -2.17. The summed E-state index contributed by atoms with van der Waals surface area (Å²) in [6, 6.07) is 19.9. The number of carbonyl (C=O) groups is 2. The monoisotopic (exact) mass is 482 g/mol. The molecule has 2 aromatic heterocycles. The van der Waals surface area contributed by atoms with Gasteiger partial charge in [0.15, 0.2) is 0 Å². The van der Waals surface area contributed by atoms with Crippen molar-refractivity contribution in [3.05, 3.63) is 101 Å². The van der Waals surface area contributed by atoms with Crippen molar-refractivity contribution in [2.24, 2.45) is 0 Å². The van der Waals surface area contributed by atoms with Crippen molar-refractivity contribution in [3.8, 4) is 0 Å². The van der Waals surface area contributed by atoms with Crippen LogP contribution in [0, 0.1) is 0 Å². The number of nitrogens with zero attached hydrogens (tertiary/aromatic N) is 3. The van der Waals surface area contributed by atoms with E-state index in [4.69, 9.17) is 0 Å². The first-order valence-corrected chi connectivity index (χ1v) is 12.7.